The first-order chi connectivity index (χ1) is 7.71. The summed E-state index contributed by atoms with van der Waals surface area (Å²) in [4.78, 5) is 0. The molecule has 1 saturated heterocycles. The fourth-order valence-corrected chi connectivity index (χ4v) is 4.34. The molecule has 1 heterocycles. The van der Waals surface area contributed by atoms with Crippen LogP contribution in [0.15, 0.2) is 0 Å². The predicted molar refractivity (Wildman–Crippen MR) is 68.0 cm³/mol. The van der Waals surface area contributed by atoms with Crippen molar-refractivity contribution in [3.05, 3.63) is 0 Å². The van der Waals surface area contributed by atoms with Gasteiger partial charge in [0.15, 0.2) is 0 Å². The van der Waals surface area contributed by atoms with E-state index in [1.165, 1.54) is 4.31 Å². The summed E-state index contributed by atoms with van der Waals surface area (Å²) in [7, 11) is -1.89. The Hall–Kier alpha value is 0.150. The second-order valence-corrected chi connectivity index (χ2v) is 9.48. The van der Waals surface area contributed by atoms with Crippen LogP contribution in [0.5, 0.6) is 0 Å². The van der Waals surface area contributed by atoms with E-state index in [0.29, 0.717) is 19.0 Å². The van der Waals surface area contributed by atoms with Crippen molar-refractivity contribution in [1.29, 1.82) is 0 Å². The van der Waals surface area contributed by atoms with E-state index in [0.717, 1.165) is 12.8 Å². The van der Waals surface area contributed by atoms with Crippen LogP contribution in [-0.4, -0.2) is 45.7 Å². The van der Waals surface area contributed by atoms with Gasteiger partial charge in [-0.25, -0.2) is 21.1 Å². The molecule has 0 aromatic heterocycles. The first-order valence-corrected chi connectivity index (χ1v) is 9.69. The van der Waals surface area contributed by atoms with E-state index in [1.807, 2.05) is 0 Å². The van der Waals surface area contributed by atoms with Crippen LogP contribution in [0, 0.1) is 5.92 Å². The van der Waals surface area contributed by atoms with E-state index in [2.05, 4.69) is 6.92 Å². The van der Waals surface area contributed by atoms with Gasteiger partial charge in [0.05, 0.1) is 11.5 Å². The minimum atomic E-state index is -3.60. The van der Waals surface area contributed by atoms with Crippen molar-refractivity contribution < 1.29 is 16.8 Å². The fourth-order valence-electron chi connectivity index (χ4n) is 1.81. The zero-order valence-corrected chi connectivity index (χ0v) is 12.2. The van der Waals surface area contributed by atoms with Crippen molar-refractivity contribution in [3.8, 4) is 0 Å². The van der Waals surface area contributed by atoms with Crippen molar-refractivity contribution in [2.24, 2.45) is 5.92 Å². The summed E-state index contributed by atoms with van der Waals surface area (Å²) in [5.41, 5.74) is 0. The zero-order chi connectivity index (χ0) is 13.1. The van der Waals surface area contributed by atoms with Crippen LogP contribution in [0.3, 0.4) is 0 Å². The Labute approximate surface area is 108 Å². The molecule has 0 unspecified atom stereocenters. The van der Waals surface area contributed by atoms with Crippen LogP contribution in [0.2, 0.25) is 0 Å². The molecule has 8 heteroatoms. The lowest BCUT2D eigenvalue weighted by Gasteiger charge is -2.29. The molecule has 5 nitrogen and oxygen atoms in total. The average molecular weight is 304 g/mol. The molecule has 0 spiro atoms. The van der Waals surface area contributed by atoms with E-state index >= 15 is 0 Å². The summed E-state index contributed by atoms with van der Waals surface area (Å²) in [6.07, 6.45) is 1.79. The highest BCUT2D eigenvalue weighted by atomic mass is 35.7. The second-order valence-electron chi connectivity index (χ2n) is 4.49. The van der Waals surface area contributed by atoms with Crippen molar-refractivity contribution in [2.75, 3.05) is 24.6 Å². The van der Waals surface area contributed by atoms with E-state index in [1.54, 1.807) is 0 Å². The van der Waals surface area contributed by atoms with Crippen molar-refractivity contribution in [3.63, 3.8) is 0 Å². The first-order valence-electron chi connectivity index (χ1n) is 5.61. The van der Waals surface area contributed by atoms with Crippen molar-refractivity contribution in [1.82, 2.24) is 4.31 Å². The molecular formula is C9H18ClNO4S2. The summed E-state index contributed by atoms with van der Waals surface area (Å²) < 4.78 is 46.6. The molecule has 0 atom stereocenters. The number of hydrogen-bond acceptors (Lipinski definition) is 4. The molecule has 1 aliphatic heterocycles. The van der Waals surface area contributed by atoms with Gasteiger partial charge in [0.2, 0.25) is 19.1 Å². The van der Waals surface area contributed by atoms with Crippen LogP contribution in [0.25, 0.3) is 0 Å². The Bertz CT molecular complexity index is 438. The van der Waals surface area contributed by atoms with Gasteiger partial charge in [0.25, 0.3) is 0 Å². The second kappa shape index (κ2) is 5.86. The van der Waals surface area contributed by atoms with Gasteiger partial charge in [-0.3, -0.25) is 0 Å². The number of halogens is 1. The largest absolute Gasteiger partial charge is 0.232 e. The highest BCUT2D eigenvalue weighted by Crippen LogP contribution is 2.19. The van der Waals surface area contributed by atoms with Gasteiger partial charge >= 0.3 is 0 Å². The molecule has 0 aromatic carbocycles. The van der Waals surface area contributed by atoms with Gasteiger partial charge in [-0.2, -0.15) is 0 Å². The molecule has 0 amide bonds. The Morgan fingerprint density at radius 2 is 1.65 bits per heavy atom. The summed E-state index contributed by atoms with van der Waals surface area (Å²) >= 11 is 0. The third-order valence-electron chi connectivity index (χ3n) is 2.93. The van der Waals surface area contributed by atoms with E-state index in [4.69, 9.17) is 10.7 Å². The number of hydrogen-bond donors (Lipinski definition) is 0. The van der Waals surface area contributed by atoms with Crippen molar-refractivity contribution in [2.45, 2.75) is 26.2 Å². The minimum Gasteiger partial charge on any atom is -0.212 e. The summed E-state index contributed by atoms with van der Waals surface area (Å²) in [6, 6.07) is 0. The normalized spacial score (nSPS) is 20.6. The fraction of sp³-hybridized carbons (Fsp3) is 1.00. The van der Waals surface area contributed by atoms with Gasteiger partial charge in [-0.05, 0) is 25.2 Å². The Morgan fingerprint density at radius 1 is 1.12 bits per heavy atom. The number of rotatable bonds is 5. The SMILES string of the molecule is CC1CCN(S(=O)(=O)CCCS(=O)(=O)Cl)CC1. The first kappa shape index (κ1) is 15.2. The molecular weight excluding hydrogens is 286 g/mol. The maximum absolute atomic E-state index is 11.9. The Kier molecular flexibility index (Phi) is 5.24. The molecule has 0 saturated carbocycles. The Balaban J connectivity index is 2.46. The highest BCUT2D eigenvalue weighted by Gasteiger charge is 2.26. The molecule has 0 bridgehead atoms. The maximum Gasteiger partial charge on any atom is 0.232 e. The molecule has 0 aliphatic carbocycles. The third-order valence-corrected chi connectivity index (χ3v) is 6.12. The molecule has 1 aliphatic rings. The molecule has 0 aromatic rings. The van der Waals surface area contributed by atoms with Gasteiger partial charge in [-0.15, -0.1) is 0 Å². The summed E-state index contributed by atoms with van der Waals surface area (Å²) in [6.45, 7) is 3.18. The Morgan fingerprint density at radius 3 is 2.12 bits per heavy atom. The number of nitrogens with zero attached hydrogens (tertiary/aromatic N) is 1. The number of piperidine rings is 1. The third kappa shape index (κ3) is 5.54. The summed E-state index contributed by atoms with van der Waals surface area (Å²) in [5, 5.41) is 0. The lowest BCUT2D eigenvalue weighted by atomic mass is 10.0. The van der Waals surface area contributed by atoms with Gasteiger partial charge in [0, 0.05) is 23.8 Å². The van der Waals surface area contributed by atoms with Gasteiger partial charge in [0.1, 0.15) is 0 Å². The van der Waals surface area contributed by atoms with Gasteiger partial charge in [-0.1, -0.05) is 6.92 Å². The van der Waals surface area contributed by atoms with Crippen LogP contribution in [0.4, 0.5) is 0 Å². The molecule has 1 fully saturated rings. The van der Waals surface area contributed by atoms with Crippen LogP contribution >= 0.6 is 10.7 Å². The van der Waals surface area contributed by atoms with Crippen LogP contribution in [-0.2, 0) is 19.1 Å². The lowest BCUT2D eigenvalue weighted by molar-refractivity contribution is 0.288. The quantitative estimate of drug-likeness (QED) is 0.711. The van der Waals surface area contributed by atoms with E-state index < -0.39 is 19.1 Å². The topological polar surface area (TPSA) is 71.5 Å². The van der Waals surface area contributed by atoms with Gasteiger partial charge < -0.3 is 0 Å². The molecule has 1 rings (SSSR count). The van der Waals surface area contributed by atoms with Crippen LogP contribution < -0.4 is 0 Å². The monoisotopic (exact) mass is 303 g/mol. The maximum atomic E-state index is 11.9. The van der Waals surface area contributed by atoms with Crippen LogP contribution in [0.1, 0.15) is 26.2 Å². The smallest absolute Gasteiger partial charge is 0.212 e. The molecule has 0 N–H and O–H groups in total. The predicted octanol–water partition coefficient (Wildman–Crippen LogP) is 1.01. The summed E-state index contributed by atoms with van der Waals surface area (Å²) in [5.74, 6) is 0.121. The van der Waals surface area contributed by atoms with Crippen molar-refractivity contribution >= 4 is 29.8 Å². The minimum absolute atomic E-state index is 0.0558. The highest BCUT2D eigenvalue weighted by molar-refractivity contribution is 8.13. The molecule has 17 heavy (non-hydrogen) atoms. The standard InChI is InChI=1S/C9H18ClNO4S2/c1-9-3-5-11(6-4-9)17(14,15)8-2-7-16(10,12)13/h9H,2-8H2,1H3. The average Bonchev–Trinajstić information content (AvgIpc) is 2.15. The zero-order valence-electron chi connectivity index (χ0n) is 9.80. The molecule has 0 radical (unpaired) electrons. The van der Waals surface area contributed by atoms with E-state index in [9.17, 15) is 16.8 Å². The van der Waals surface area contributed by atoms with E-state index in [-0.39, 0.29) is 17.9 Å². The lowest BCUT2D eigenvalue weighted by Crippen LogP contribution is -2.39. The number of sulfonamides is 1. The molecule has 102 valence electrons.